The Bertz CT molecular complexity index is 2220. The van der Waals surface area contributed by atoms with Crippen molar-refractivity contribution < 1.29 is 43.6 Å². The molecule has 1 fully saturated rings. The smallest absolute Gasteiger partial charge is 0.412 e. The van der Waals surface area contributed by atoms with E-state index in [0.29, 0.717) is 36.6 Å². The molecule has 2 amide bonds. The molecule has 1 saturated carbocycles. The molecule has 0 spiro atoms. The molecule has 0 unspecified atom stereocenters. The van der Waals surface area contributed by atoms with Crippen LogP contribution in [0.2, 0.25) is 0 Å². The lowest BCUT2D eigenvalue weighted by Crippen LogP contribution is -2.70. The molecule has 4 aromatic rings. The molecule has 6 atom stereocenters. The third kappa shape index (κ3) is 9.52. The van der Waals surface area contributed by atoms with E-state index >= 15 is 0 Å². The highest BCUT2D eigenvalue weighted by molar-refractivity contribution is 6.03. The van der Waals surface area contributed by atoms with Crippen molar-refractivity contribution in [1.29, 1.82) is 0 Å². The lowest BCUT2D eigenvalue weighted by molar-refractivity contribution is -0.256. The first-order valence-electron chi connectivity index (χ1n) is 21.9. The van der Waals surface area contributed by atoms with Gasteiger partial charge in [-0.3, -0.25) is 4.90 Å². The monoisotopic (exact) mass is 845 g/mol. The largest absolute Gasteiger partial charge is 0.459 e. The lowest BCUT2D eigenvalue weighted by atomic mass is 9.55. The summed E-state index contributed by atoms with van der Waals surface area (Å²) < 4.78 is 25.8. The quantitative estimate of drug-likeness (QED) is 0.0478. The molecule has 1 heterocycles. The van der Waals surface area contributed by atoms with Crippen LogP contribution in [0.4, 0.5) is 9.59 Å². The minimum Gasteiger partial charge on any atom is -0.459 e. The van der Waals surface area contributed by atoms with E-state index in [1.165, 1.54) is 7.11 Å². The predicted molar refractivity (Wildman–Crippen MR) is 238 cm³/mol. The van der Waals surface area contributed by atoms with Gasteiger partial charge in [-0.15, -0.1) is 6.58 Å². The minimum atomic E-state index is -1.50. The van der Waals surface area contributed by atoms with E-state index in [0.717, 1.165) is 58.7 Å². The number of ether oxygens (including phenoxy) is 4. The van der Waals surface area contributed by atoms with Crippen LogP contribution in [0, 0.1) is 17.8 Å². The van der Waals surface area contributed by atoms with Gasteiger partial charge in [-0.05, 0) is 90.1 Å². The van der Waals surface area contributed by atoms with E-state index < -0.39 is 29.9 Å². The topological polar surface area (TPSA) is 148 Å². The maximum Gasteiger partial charge on any atom is 0.412 e. The van der Waals surface area contributed by atoms with Gasteiger partial charge in [-0.2, -0.15) is 0 Å². The van der Waals surface area contributed by atoms with Crippen molar-refractivity contribution in [1.82, 2.24) is 10.2 Å². The summed E-state index contributed by atoms with van der Waals surface area (Å²) in [6.07, 6.45) is 7.44. The third-order valence-corrected chi connectivity index (χ3v) is 12.4. The summed E-state index contributed by atoms with van der Waals surface area (Å²) >= 11 is 0. The number of oxime groups is 1. The van der Waals surface area contributed by atoms with Crippen molar-refractivity contribution >= 4 is 28.7 Å². The Morgan fingerprint density at radius 3 is 2.48 bits per heavy atom. The summed E-state index contributed by atoms with van der Waals surface area (Å²) in [5.41, 5.74) is 4.27. The molecule has 0 bridgehead atoms. The summed E-state index contributed by atoms with van der Waals surface area (Å²) in [5, 5.41) is 29.6. The lowest BCUT2D eigenvalue weighted by Gasteiger charge is -2.59. The highest BCUT2D eigenvalue weighted by Gasteiger charge is 2.65. The van der Waals surface area contributed by atoms with Crippen molar-refractivity contribution in [2.75, 3.05) is 33.5 Å². The standard InChI is InChI=1S/C50H59N3O9/c1-4-28-59-50-45(53(49(57)58-3)32-37-21-15-20-35-18-9-10-22-39(35)37)31-43(52-60-33-34-16-7-6-8-17-34)41-29-36(19-11-13-26-54)40(23-12-14-27-55)46(47(41)50)42-30-38(24-25-44(42)62-50)61-48(56)51-5-2/h4,6-10,15-18,20-22,24-25,29-30,36,40,45-47,54-55H,1,5,11-14,19,23,26-28,31-33H2,2-3H3,(H,51,56)/t36-,40+,45-,46+,47+,50+/m0/s1. The second-order valence-corrected chi connectivity index (χ2v) is 16.2. The van der Waals surface area contributed by atoms with E-state index in [4.69, 9.17) is 28.9 Å². The molecule has 0 aromatic heterocycles. The molecule has 7 rings (SSSR count). The minimum absolute atomic E-state index is 0.0158. The summed E-state index contributed by atoms with van der Waals surface area (Å²) in [6, 6.07) is 28.6. The predicted octanol–water partition coefficient (Wildman–Crippen LogP) is 9.05. The third-order valence-electron chi connectivity index (χ3n) is 12.4. The zero-order valence-corrected chi connectivity index (χ0v) is 35.7. The second-order valence-electron chi connectivity index (χ2n) is 16.2. The van der Waals surface area contributed by atoms with E-state index in [-0.39, 0.29) is 57.1 Å². The number of rotatable bonds is 19. The number of fused-ring (bicyclic) bond motifs is 3. The van der Waals surface area contributed by atoms with Gasteiger partial charge in [-0.1, -0.05) is 103 Å². The van der Waals surface area contributed by atoms with Crippen LogP contribution in [-0.4, -0.2) is 78.3 Å². The highest BCUT2D eigenvalue weighted by atomic mass is 16.7. The Kier molecular flexibility index (Phi) is 15.0. The summed E-state index contributed by atoms with van der Waals surface area (Å²) in [6.45, 7) is 6.93. The highest BCUT2D eigenvalue weighted by Crippen LogP contribution is 2.62. The van der Waals surface area contributed by atoms with Crippen LogP contribution in [0.3, 0.4) is 0 Å². The van der Waals surface area contributed by atoms with Gasteiger partial charge in [0.15, 0.2) is 0 Å². The van der Waals surface area contributed by atoms with Crippen molar-refractivity contribution in [3.8, 4) is 11.5 Å². The normalized spacial score (nSPS) is 23.0. The zero-order valence-electron chi connectivity index (χ0n) is 35.7. The number of benzene rings is 4. The number of carbonyl (C=O) groups excluding carboxylic acids is 2. The van der Waals surface area contributed by atoms with Gasteiger partial charge in [0.25, 0.3) is 0 Å². The zero-order chi connectivity index (χ0) is 43.5. The number of unbranched alkanes of at least 4 members (excludes halogenated alkanes) is 2. The number of carbonyl (C=O) groups is 2. The first-order chi connectivity index (χ1) is 30.3. The second kappa shape index (κ2) is 20.9. The Hall–Kier alpha value is -5.69. The fourth-order valence-electron chi connectivity index (χ4n) is 9.79. The molecular weight excluding hydrogens is 787 g/mol. The maximum absolute atomic E-state index is 14.5. The number of amides is 2. The SMILES string of the molecule is C=CCO[C@@]12Oc3ccc(OC(=O)NCC)cc3[C@H]3[C@H](CCCCO)[C@@H](CCCCO)C=C(C(=NOCc4ccccc4)C[C@@H]1N(Cc1cccc4ccccc14)C(=O)OC)[C@H]32. The molecule has 4 aromatic carbocycles. The summed E-state index contributed by atoms with van der Waals surface area (Å²) in [5.74, 6) is -1.45. The molecular formula is C50H59N3O9. The van der Waals surface area contributed by atoms with Crippen LogP contribution in [-0.2, 0) is 27.5 Å². The van der Waals surface area contributed by atoms with Crippen LogP contribution in [0.5, 0.6) is 11.5 Å². The average Bonchev–Trinajstić information content (AvgIpc) is 3.29. The maximum atomic E-state index is 14.5. The number of nitrogens with zero attached hydrogens (tertiary/aromatic N) is 2. The van der Waals surface area contributed by atoms with Crippen LogP contribution in [0.1, 0.15) is 74.5 Å². The van der Waals surface area contributed by atoms with Gasteiger partial charge in [-0.25, -0.2) is 9.59 Å². The first-order valence-corrected chi connectivity index (χ1v) is 21.9. The fraction of sp³-hybridized carbons (Fsp3) is 0.420. The van der Waals surface area contributed by atoms with Crippen LogP contribution >= 0.6 is 0 Å². The molecule has 328 valence electrons. The molecule has 12 nitrogen and oxygen atoms in total. The number of hydrogen-bond acceptors (Lipinski definition) is 10. The van der Waals surface area contributed by atoms with Gasteiger partial charge < -0.3 is 39.3 Å². The van der Waals surface area contributed by atoms with Crippen molar-refractivity contribution in [3.05, 3.63) is 132 Å². The van der Waals surface area contributed by atoms with Gasteiger partial charge in [0.05, 0.1) is 31.9 Å². The Labute approximate surface area is 364 Å². The van der Waals surface area contributed by atoms with E-state index in [1.807, 2.05) is 85.8 Å². The van der Waals surface area contributed by atoms with E-state index in [9.17, 15) is 19.8 Å². The van der Waals surface area contributed by atoms with Gasteiger partial charge >= 0.3 is 12.2 Å². The molecule has 1 aliphatic heterocycles. The number of methoxy groups -OCH3 is 1. The van der Waals surface area contributed by atoms with Crippen molar-refractivity contribution in [2.45, 2.75) is 82.8 Å². The number of allylic oxidation sites excluding steroid dienone is 1. The van der Waals surface area contributed by atoms with Crippen molar-refractivity contribution in [3.63, 3.8) is 0 Å². The molecule has 3 N–H and O–H groups in total. The summed E-state index contributed by atoms with van der Waals surface area (Å²) in [4.78, 5) is 35.2. The Morgan fingerprint density at radius 1 is 0.968 bits per heavy atom. The fourth-order valence-corrected chi connectivity index (χ4v) is 9.79. The molecule has 3 aliphatic rings. The molecule has 0 radical (unpaired) electrons. The van der Waals surface area contributed by atoms with Crippen molar-refractivity contribution in [2.24, 2.45) is 22.9 Å². The molecule has 2 aliphatic carbocycles. The molecule has 12 heteroatoms. The number of aliphatic hydroxyl groups is 2. The summed E-state index contributed by atoms with van der Waals surface area (Å²) in [7, 11) is 1.38. The van der Waals surface area contributed by atoms with Crippen LogP contribution in [0.25, 0.3) is 10.8 Å². The number of hydrogen-bond donors (Lipinski definition) is 3. The van der Waals surface area contributed by atoms with Gasteiger partial charge in [0, 0.05) is 37.7 Å². The van der Waals surface area contributed by atoms with Crippen LogP contribution < -0.4 is 14.8 Å². The Balaban J connectivity index is 1.46. The molecule has 62 heavy (non-hydrogen) atoms. The average molecular weight is 846 g/mol. The molecule has 0 saturated heterocycles. The number of nitrogens with one attached hydrogen (secondary N) is 1. The van der Waals surface area contributed by atoms with E-state index in [1.54, 1.807) is 17.0 Å². The van der Waals surface area contributed by atoms with Gasteiger partial charge in [0.1, 0.15) is 24.1 Å². The van der Waals surface area contributed by atoms with E-state index in [2.05, 4.69) is 24.0 Å². The Morgan fingerprint density at radius 2 is 1.73 bits per heavy atom. The number of aliphatic hydroxyl groups excluding tert-OH is 2. The van der Waals surface area contributed by atoms with Gasteiger partial charge in [0.2, 0.25) is 5.79 Å². The van der Waals surface area contributed by atoms with Crippen LogP contribution in [0.15, 0.2) is 120 Å². The first kappa shape index (κ1) is 44.4.